The fourth-order valence-corrected chi connectivity index (χ4v) is 2.86. The van der Waals surface area contributed by atoms with E-state index in [1.807, 2.05) is 19.1 Å². The number of hydrogen-bond acceptors (Lipinski definition) is 4. The molecule has 2 heterocycles. The molecule has 0 aliphatic carbocycles. The zero-order chi connectivity index (χ0) is 17.3. The number of rotatable bonds is 3. The maximum atomic E-state index is 12.6. The van der Waals surface area contributed by atoms with Gasteiger partial charge in [-0.1, -0.05) is 23.7 Å². The second-order valence-electron chi connectivity index (χ2n) is 5.65. The average Bonchev–Trinajstić information content (AvgIpc) is 3.05. The summed E-state index contributed by atoms with van der Waals surface area (Å²) in [6.45, 7) is 2.58. The number of morpholine rings is 1. The van der Waals surface area contributed by atoms with E-state index in [4.69, 9.17) is 25.9 Å². The molecule has 2 atom stereocenters. The third kappa shape index (κ3) is 3.29. The van der Waals surface area contributed by atoms with E-state index in [0.29, 0.717) is 18.2 Å². The van der Waals surface area contributed by atoms with Crippen LogP contribution in [0.15, 0.2) is 40.8 Å². The standard InChI is InChI=1S/C17H16ClNO5/c1-10-9-23-15(11-3-2-4-12(18)7-11)8-19(10)16(20)13-5-6-14(24-13)17(21)22/h2-7,10,15H,8-9H2,1H3,(H,21,22). The van der Waals surface area contributed by atoms with Crippen molar-refractivity contribution in [3.8, 4) is 0 Å². The van der Waals surface area contributed by atoms with Crippen LogP contribution in [0, 0.1) is 0 Å². The molecule has 1 aromatic carbocycles. The number of carboxylic acid groups (broad SMARTS) is 1. The number of furan rings is 1. The van der Waals surface area contributed by atoms with Crippen LogP contribution in [0.5, 0.6) is 0 Å². The highest BCUT2D eigenvalue weighted by molar-refractivity contribution is 6.30. The number of benzene rings is 1. The number of amides is 1. The summed E-state index contributed by atoms with van der Waals surface area (Å²) < 4.78 is 10.9. The van der Waals surface area contributed by atoms with Gasteiger partial charge in [0.2, 0.25) is 5.76 Å². The van der Waals surface area contributed by atoms with Crippen molar-refractivity contribution in [2.45, 2.75) is 19.1 Å². The van der Waals surface area contributed by atoms with Crippen LogP contribution >= 0.6 is 11.6 Å². The van der Waals surface area contributed by atoms with Crippen LogP contribution in [-0.4, -0.2) is 41.1 Å². The Hall–Kier alpha value is -2.31. The normalized spacial score (nSPS) is 20.8. The van der Waals surface area contributed by atoms with Gasteiger partial charge in [-0.25, -0.2) is 4.79 Å². The lowest BCUT2D eigenvalue weighted by Gasteiger charge is -2.37. The first kappa shape index (κ1) is 16.5. The van der Waals surface area contributed by atoms with Crippen LogP contribution < -0.4 is 0 Å². The van der Waals surface area contributed by atoms with Crippen molar-refractivity contribution in [1.29, 1.82) is 0 Å². The number of nitrogens with zero attached hydrogens (tertiary/aromatic N) is 1. The van der Waals surface area contributed by atoms with Gasteiger partial charge in [0.15, 0.2) is 5.76 Å². The molecule has 2 unspecified atom stereocenters. The maximum absolute atomic E-state index is 12.6. The summed E-state index contributed by atoms with van der Waals surface area (Å²) in [6.07, 6.45) is -0.294. The van der Waals surface area contributed by atoms with E-state index in [0.717, 1.165) is 5.56 Å². The number of halogens is 1. The molecular formula is C17H16ClNO5. The summed E-state index contributed by atoms with van der Waals surface area (Å²) in [5.74, 6) is -1.82. The molecule has 1 fully saturated rings. The summed E-state index contributed by atoms with van der Waals surface area (Å²) in [4.78, 5) is 25.2. The minimum atomic E-state index is -1.21. The quantitative estimate of drug-likeness (QED) is 0.920. The number of ether oxygens (including phenoxy) is 1. The van der Waals surface area contributed by atoms with Gasteiger partial charge in [-0.3, -0.25) is 4.79 Å². The lowest BCUT2D eigenvalue weighted by atomic mass is 10.1. The van der Waals surface area contributed by atoms with Crippen LogP contribution in [0.2, 0.25) is 5.02 Å². The van der Waals surface area contributed by atoms with Gasteiger partial charge in [-0.2, -0.15) is 0 Å². The predicted octanol–water partition coefficient (Wildman–Crippen LogP) is 3.23. The Labute approximate surface area is 143 Å². The van der Waals surface area contributed by atoms with Gasteiger partial charge < -0.3 is 19.2 Å². The Morgan fingerprint density at radius 1 is 1.25 bits per heavy atom. The Bertz CT molecular complexity index is 772. The molecule has 1 amide bonds. The Kier molecular flexibility index (Phi) is 4.59. The van der Waals surface area contributed by atoms with Gasteiger partial charge >= 0.3 is 5.97 Å². The summed E-state index contributed by atoms with van der Waals surface area (Å²) in [6, 6.07) is 9.81. The Balaban J connectivity index is 1.80. The highest BCUT2D eigenvalue weighted by Crippen LogP contribution is 2.28. The van der Waals surface area contributed by atoms with Gasteiger partial charge in [0.1, 0.15) is 6.10 Å². The van der Waals surface area contributed by atoms with Crippen molar-refractivity contribution in [1.82, 2.24) is 4.90 Å². The lowest BCUT2D eigenvalue weighted by Crippen LogP contribution is -2.48. The largest absolute Gasteiger partial charge is 0.475 e. The van der Waals surface area contributed by atoms with Crippen LogP contribution in [-0.2, 0) is 4.74 Å². The van der Waals surface area contributed by atoms with E-state index in [-0.39, 0.29) is 29.6 Å². The Morgan fingerprint density at radius 3 is 2.67 bits per heavy atom. The molecule has 126 valence electrons. The topological polar surface area (TPSA) is 80.0 Å². The van der Waals surface area contributed by atoms with E-state index in [9.17, 15) is 9.59 Å². The van der Waals surface area contributed by atoms with Crippen molar-refractivity contribution in [2.75, 3.05) is 13.2 Å². The SMILES string of the molecule is CC1COC(c2cccc(Cl)c2)CN1C(=O)c1ccc(C(=O)O)o1. The van der Waals surface area contributed by atoms with Gasteiger partial charge in [0.25, 0.3) is 5.91 Å². The molecular weight excluding hydrogens is 334 g/mol. The van der Waals surface area contributed by atoms with E-state index < -0.39 is 5.97 Å². The molecule has 1 saturated heterocycles. The molecule has 1 aliphatic heterocycles. The molecule has 3 rings (SSSR count). The first-order valence-corrected chi connectivity index (χ1v) is 7.84. The van der Waals surface area contributed by atoms with Crippen molar-refractivity contribution in [3.05, 3.63) is 58.5 Å². The Morgan fingerprint density at radius 2 is 2.00 bits per heavy atom. The zero-order valence-corrected chi connectivity index (χ0v) is 13.7. The fourth-order valence-electron chi connectivity index (χ4n) is 2.66. The van der Waals surface area contributed by atoms with Crippen LogP contribution in [0.25, 0.3) is 0 Å². The summed E-state index contributed by atoms with van der Waals surface area (Å²) in [5.41, 5.74) is 0.887. The van der Waals surface area contributed by atoms with Crippen molar-refractivity contribution < 1.29 is 23.8 Å². The van der Waals surface area contributed by atoms with E-state index in [1.54, 1.807) is 17.0 Å². The third-order valence-corrected chi connectivity index (χ3v) is 4.18. The molecule has 6 nitrogen and oxygen atoms in total. The molecule has 0 radical (unpaired) electrons. The number of aromatic carboxylic acids is 1. The summed E-state index contributed by atoms with van der Waals surface area (Å²) >= 11 is 6.01. The number of carbonyl (C=O) groups is 2. The number of hydrogen-bond donors (Lipinski definition) is 1. The average molecular weight is 350 g/mol. The first-order valence-electron chi connectivity index (χ1n) is 7.47. The predicted molar refractivity (Wildman–Crippen MR) is 86.3 cm³/mol. The second-order valence-corrected chi connectivity index (χ2v) is 6.09. The number of carbonyl (C=O) groups excluding carboxylic acids is 1. The van der Waals surface area contributed by atoms with Crippen molar-refractivity contribution >= 4 is 23.5 Å². The fraction of sp³-hybridized carbons (Fsp3) is 0.294. The van der Waals surface area contributed by atoms with Crippen LogP contribution in [0.4, 0.5) is 0 Å². The molecule has 1 N–H and O–H groups in total. The van der Waals surface area contributed by atoms with E-state index in [2.05, 4.69) is 0 Å². The number of carboxylic acids is 1. The summed E-state index contributed by atoms with van der Waals surface area (Å²) in [5, 5.41) is 9.51. The molecule has 1 aromatic heterocycles. The monoisotopic (exact) mass is 349 g/mol. The second kappa shape index (κ2) is 6.67. The summed E-state index contributed by atoms with van der Waals surface area (Å²) in [7, 11) is 0. The maximum Gasteiger partial charge on any atom is 0.371 e. The third-order valence-electron chi connectivity index (χ3n) is 3.94. The van der Waals surface area contributed by atoms with Gasteiger partial charge in [-0.05, 0) is 36.8 Å². The van der Waals surface area contributed by atoms with Gasteiger partial charge in [0.05, 0.1) is 19.2 Å². The highest BCUT2D eigenvalue weighted by Gasteiger charge is 2.32. The van der Waals surface area contributed by atoms with Crippen molar-refractivity contribution in [3.63, 3.8) is 0 Å². The lowest BCUT2D eigenvalue weighted by molar-refractivity contribution is -0.0495. The molecule has 24 heavy (non-hydrogen) atoms. The zero-order valence-electron chi connectivity index (χ0n) is 12.9. The minimum absolute atomic E-state index is 0.00555. The smallest absolute Gasteiger partial charge is 0.371 e. The molecule has 7 heteroatoms. The van der Waals surface area contributed by atoms with E-state index >= 15 is 0 Å². The molecule has 0 spiro atoms. The van der Waals surface area contributed by atoms with Crippen molar-refractivity contribution in [2.24, 2.45) is 0 Å². The van der Waals surface area contributed by atoms with Crippen LogP contribution in [0.3, 0.4) is 0 Å². The molecule has 0 saturated carbocycles. The first-order chi connectivity index (χ1) is 11.5. The highest BCUT2D eigenvalue weighted by atomic mass is 35.5. The minimum Gasteiger partial charge on any atom is -0.475 e. The molecule has 0 bridgehead atoms. The van der Waals surface area contributed by atoms with E-state index in [1.165, 1.54) is 12.1 Å². The molecule has 2 aromatic rings. The molecule has 1 aliphatic rings. The van der Waals surface area contributed by atoms with Gasteiger partial charge in [0, 0.05) is 5.02 Å². The van der Waals surface area contributed by atoms with Crippen LogP contribution in [0.1, 0.15) is 39.7 Å². The van der Waals surface area contributed by atoms with Gasteiger partial charge in [-0.15, -0.1) is 0 Å².